The van der Waals surface area contributed by atoms with Crippen molar-refractivity contribution in [1.29, 1.82) is 0 Å². The molecule has 34 nitrogen and oxygen atoms in total. The Labute approximate surface area is 631 Å². The van der Waals surface area contributed by atoms with Gasteiger partial charge in [-0.25, -0.2) is 4.79 Å². The maximum Gasteiger partial charge on any atom is 0.364 e. The Hall–Kier alpha value is -3.42. The van der Waals surface area contributed by atoms with Gasteiger partial charge in [0.15, 0.2) is 25.2 Å². The standard InChI is InChI=1S/C73H131N3O31/c1-5-7-9-11-13-15-17-19-20-22-24-26-28-30-32-34-52(87)76-44(45(84)33-31-29-27-25-23-21-18-16-14-12-10-8-6-2)41-98-69-61(94)59(92)63(50(39-80)101-69)103-71-62(95)67(107-73(72(96)97)35-46(85)53(74-42(3)82)66(106-73)55(88)47(86)36-77)64(51(40-81)102-71)104-68-54(75-43(4)83)65(57(90)49(38-79)99-68)105-70-60(93)58(91)56(89)48(37-78)100-70/h31,33,44-51,53-71,77-81,84-86,88-95H,5-30,32,34-41H2,1-4H3,(H,74,82)(H,75,83)(H,76,87)(H,96,97)/b33-31+/t44-,45+,46-,47+,48+,49+,50+,51+,53+,54+,55+,56-,57-,58-,59+,60+,61+,62+,63+,64-,65+,66+,67+,68-,69+,70-,71-,73-/m0/s1/i1D3. The highest BCUT2D eigenvalue weighted by Gasteiger charge is 2.62. The summed E-state index contributed by atoms with van der Waals surface area (Å²) >= 11 is 0. The van der Waals surface area contributed by atoms with Gasteiger partial charge in [0.25, 0.3) is 5.79 Å². The number of rotatable bonds is 52. The fourth-order valence-electron chi connectivity index (χ4n) is 14.2. The van der Waals surface area contributed by atoms with Gasteiger partial charge in [0.05, 0.1) is 63.9 Å². The number of hydrogen-bond acceptors (Lipinski definition) is 30. The second-order valence-electron chi connectivity index (χ2n) is 29.0. The third-order valence-electron chi connectivity index (χ3n) is 20.4. The fraction of sp³-hybridized carbons (Fsp3) is 0.918. The second kappa shape index (κ2) is 49.9. The Bertz CT molecular complexity index is 2620. The zero-order valence-electron chi connectivity index (χ0n) is 65.3. The monoisotopic (exact) mass is 1550 g/mol. The van der Waals surface area contributed by atoms with Crippen LogP contribution in [-0.2, 0) is 66.5 Å². The summed E-state index contributed by atoms with van der Waals surface area (Å²) in [7, 11) is 0. The molecular weight excluding hydrogens is 1410 g/mol. The van der Waals surface area contributed by atoms with Gasteiger partial charge in [0.1, 0.15) is 116 Å². The molecular formula is C73H131N3O31. The van der Waals surface area contributed by atoms with E-state index in [9.17, 15) is 106 Å². The normalized spacial score (nSPS) is 35.1. The highest BCUT2D eigenvalue weighted by atomic mass is 16.8. The van der Waals surface area contributed by atoms with Crippen LogP contribution in [0.3, 0.4) is 0 Å². The molecule has 0 aromatic rings. The number of carboxylic acid groups (broad SMARTS) is 1. The van der Waals surface area contributed by atoms with Crippen LogP contribution in [0, 0.1) is 0 Å². The molecule has 0 unspecified atom stereocenters. The van der Waals surface area contributed by atoms with Gasteiger partial charge in [-0.05, 0) is 19.3 Å². The molecule has 0 aliphatic carbocycles. The number of allylic oxidation sites excluding steroid dienone is 1. The number of ether oxygens (including phenoxy) is 10. The van der Waals surface area contributed by atoms with Crippen LogP contribution < -0.4 is 16.0 Å². The minimum Gasteiger partial charge on any atom is -0.477 e. The van der Waals surface area contributed by atoms with Crippen molar-refractivity contribution >= 4 is 23.7 Å². The van der Waals surface area contributed by atoms with Crippen molar-refractivity contribution in [2.45, 2.75) is 385 Å². The summed E-state index contributed by atoms with van der Waals surface area (Å²) in [6.45, 7) is -3.84. The lowest BCUT2D eigenvalue weighted by Crippen LogP contribution is -2.72. The summed E-state index contributed by atoms with van der Waals surface area (Å²) in [6.07, 6.45) is -20.3. The summed E-state index contributed by atoms with van der Waals surface area (Å²) < 4.78 is 82.1. The van der Waals surface area contributed by atoms with E-state index in [2.05, 4.69) is 22.9 Å². The molecule has 5 fully saturated rings. The summed E-state index contributed by atoms with van der Waals surface area (Å²) in [5.41, 5.74) is 0. The average molecular weight is 1550 g/mol. The van der Waals surface area contributed by atoms with Crippen LogP contribution in [0.5, 0.6) is 0 Å². The summed E-state index contributed by atoms with van der Waals surface area (Å²) in [6, 6.07) is -4.84. The summed E-state index contributed by atoms with van der Waals surface area (Å²) in [5.74, 6) is -7.76. The number of unbranched alkanes of at least 4 members (excludes halogenated alkanes) is 24. The van der Waals surface area contributed by atoms with E-state index >= 15 is 0 Å². The maximum atomic E-state index is 13.8. The first-order valence-corrected chi connectivity index (χ1v) is 38.7. The second-order valence-corrected chi connectivity index (χ2v) is 29.0. The van der Waals surface area contributed by atoms with Gasteiger partial charge in [-0.3, -0.25) is 14.4 Å². The van der Waals surface area contributed by atoms with Crippen LogP contribution in [0.2, 0.25) is 0 Å². The van der Waals surface area contributed by atoms with Gasteiger partial charge < -0.3 is 150 Å². The number of nitrogens with one attached hydrogen (secondary N) is 3. The van der Waals surface area contributed by atoms with Gasteiger partial charge >= 0.3 is 5.97 Å². The maximum absolute atomic E-state index is 13.8. The molecule has 0 aromatic carbocycles. The highest BCUT2D eigenvalue weighted by molar-refractivity contribution is 5.77. The van der Waals surface area contributed by atoms with Crippen molar-refractivity contribution in [3.8, 4) is 0 Å². The number of carboxylic acids is 1. The van der Waals surface area contributed by atoms with E-state index < -0.39 is 248 Å². The average Bonchev–Trinajstić information content (AvgIpc) is 0.748. The quantitative estimate of drug-likeness (QED) is 0.0255. The largest absolute Gasteiger partial charge is 0.477 e. The minimum atomic E-state index is -3.39. The van der Waals surface area contributed by atoms with Crippen molar-refractivity contribution in [2.75, 3.05) is 39.6 Å². The number of aliphatic carboxylic acids is 1. The van der Waals surface area contributed by atoms with Crippen LogP contribution in [0.15, 0.2) is 12.2 Å². The molecule has 107 heavy (non-hydrogen) atoms. The van der Waals surface area contributed by atoms with Crippen LogP contribution in [-0.4, -0.2) is 321 Å². The third kappa shape index (κ3) is 29.2. The van der Waals surface area contributed by atoms with E-state index in [1.807, 2.05) is 0 Å². The lowest BCUT2D eigenvalue weighted by atomic mass is 9.88. The van der Waals surface area contributed by atoms with Gasteiger partial charge in [0.2, 0.25) is 17.7 Å². The number of hydrogen-bond donors (Lipinski definition) is 20. The van der Waals surface area contributed by atoms with Gasteiger partial charge in [-0.15, -0.1) is 0 Å². The van der Waals surface area contributed by atoms with Crippen LogP contribution in [0.4, 0.5) is 0 Å². The predicted molar refractivity (Wildman–Crippen MR) is 378 cm³/mol. The van der Waals surface area contributed by atoms with Gasteiger partial charge in [-0.1, -0.05) is 180 Å². The smallest absolute Gasteiger partial charge is 0.364 e. The van der Waals surface area contributed by atoms with E-state index in [0.29, 0.717) is 12.8 Å². The first-order chi connectivity index (χ1) is 52.4. The molecule has 5 aliphatic heterocycles. The van der Waals surface area contributed by atoms with E-state index in [1.165, 1.54) is 44.6 Å². The molecule has 0 spiro atoms. The van der Waals surface area contributed by atoms with Gasteiger partial charge in [-0.2, -0.15) is 0 Å². The van der Waals surface area contributed by atoms with Crippen molar-refractivity contribution < 1.29 is 157 Å². The molecule has 3 amide bonds. The molecule has 624 valence electrons. The fourth-order valence-corrected chi connectivity index (χ4v) is 14.2. The molecule has 0 bridgehead atoms. The molecule has 0 aromatic heterocycles. The Morgan fingerprint density at radius 2 is 0.972 bits per heavy atom. The van der Waals surface area contributed by atoms with E-state index in [4.69, 9.17) is 51.5 Å². The van der Waals surface area contributed by atoms with Crippen molar-refractivity contribution in [3.05, 3.63) is 12.2 Å². The molecule has 34 heteroatoms. The summed E-state index contributed by atoms with van der Waals surface area (Å²) in [4.78, 5) is 53.0. The number of carbonyl (C=O) groups excluding carboxylic acids is 3. The first-order valence-electron chi connectivity index (χ1n) is 40.2. The van der Waals surface area contributed by atoms with Crippen LogP contribution in [0.25, 0.3) is 0 Å². The molecule has 20 N–H and O–H groups in total. The van der Waals surface area contributed by atoms with E-state index in [-0.39, 0.29) is 12.8 Å². The lowest BCUT2D eigenvalue weighted by Gasteiger charge is -2.52. The van der Waals surface area contributed by atoms with Crippen LogP contribution >= 0.6 is 0 Å². The van der Waals surface area contributed by atoms with Crippen LogP contribution in [0.1, 0.15) is 218 Å². The zero-order valence-corrected chi connectivity index (χ0v) is 62.3. The van der Waals surface area contributed by atoms with Gasteiger partial charge in [0, 0.05) is 30.8 Å². The third-order valence-corrected chi connectivity index (χ3v) is 20.4. The van der Waals surface area contributed by atoms with Crippen molar-refractivity contribution in [2.24, 2.45) is 0 Å². The van der Waals surface area contributed by atoms with Crippen molar-refractivity contribution in [1.82, 2.24) is 16.0 Å². The zero-order chi connectivity index (χ0) is 81.3. The number of aliphatic hydroxyl groups is 16. The molecule has 5 saturated heterocycles. The number of amides is 3. The highest BCUT2D eigenvalue weighted by Crippen LogP contribution is 2.41. The molecule has 28 atom stereocenters. The van der Waals surface area contributed by atoms with E-state index in [1.54, 1.807) is 6.08 Å². The topological polar surface area (TPSA) is 541 Å². The number of aliphatic hydroxyl groups excluding tert-OH is 16. The SMILES string of the molecule is [2H]C([2H])([2H])CCCCCCCCCCCCCCCCC(=O)N[C@@H](CO[C@@H]1O[C@H](CO)[C@@H](O[C@@H]2O[C@H](CO)[C@H](O[C@@H]3O[C@H](CO)[C@H](O)[C@H](O[C@@H]4O[C@H](CO)[C@H](O)[C@H](O)[C@H]4O)[C@H]3NC(C)=O)[C@H](O[C@]3(C(=O)O)C[C@H](O)[C@@H](NC(C)=O)[C@H]([C@H](O)[C@H](O)CO)O3)[C@H]2O)[C@H](O)[C@H]1O)[C@H](O)/C=C/CCCCCCCCCCCCC. The summed E-state index contributed by atoms with van der Waals surface area (Å²) in [5, 5.41) is 197. The van der Waals surface area contributed by atoms with Crippen molar-refractivity contribution in [3.63, 3.8) is 0 Å². The number of carbonyl (C=O) groups is 4. The molecule has 5 aliphatic rings. The predicted octanol–water partition coefficient (Wildman–Crippen LogP) is -1.04. The lowest BCUT2D eigenvalue weighted by molar-refractivity contribution is -0.403. The molecule has 5 heterocycles. The van der Waals surface area contributed by atoms with E-state index in [0.717, 1.165) is 129 Å². The Morgan fingerprint density at radius 3 is 1.50 bits per heavy atom. The Morgan fingerprint density at radius 1 is 0.514 bits per heavy atom. The molecule has 5 rings (SSSR count). The minimum absolute atomic E-state index is 0.105. The molecule has 0 radical (unpaired) electrons. The molecule has 0 saturated carbocycles. The Kier molecular flexibility index (Phi) is 41.6. The Balaban J connectivity index is 1.37. The first kappa shape index (κ1) is 89.1.